The van der Waals surface area contributed by atoms with Crippen molar-refractivity contribution in [2.24, 2.45) is 0 Å². The smallest absolute Gasteiger partial charge is 0.294 e. The molecule has 2 aromatic carbocycles. The summed E-state index contributed by atoms with van der Waals surface area (Å²) in [5, 5.41) is 11.2. The minimum absolute atomic E-state index is 0.385. The molecule has 1 N–H and O–H groups in total. The molecule has 110 valence electrons. The number of carbonyl (C=O) groups excluding carboxylic acids is 1. The molecule has 0 bridgehead atoms. The van der Waals surface area contributed by atoms with Gasteiger partial charge in [0.15, 0.2) is 5.60 Å². The Kier molecular flexibility index (Phi) is 4.50. The number of rotatable bonds is 4. The Bertz CT molecular complexity index is 611. The van der Waals surface area contributed by atoms with E-state index in [4.69, 9.17) is 16.3 Å². The molecule has 2 aromatic rings. The molecule has 0 radical (unpaired) electrons. The number of halogens is 1. The quantitative estimate of drug-likeness (QED) is 0.688. The minimum Gasteiger partial charge on any atom is -0.478 e. The highest BCUT2D eigenvalue weighted by Crippen LogP contribution is 2.23. The first kappa shape index (κ1) is 15.4. The Labute approximate surface area is 128 Å². The summed E-state index contributed by atoms with van der Waals surface area (Å²) in [6.07, 6.45) is 0. The maximum absolute atomic E-state index is 12.4. The van der Waals surface area contributed by atoms with Gasteiger partial charge >= 0.3 is 0 Å². The van der Waals surface area contributed by atoms with Crippen molar-refractivity contribution in [1.82, 2.24) is 0 Å². The molecule has 0 aliphatic carbocycles. The molecule has 0 saturated heterocycles. The monoisotopic (exact) mass is 305 g/mol. The molecule has 0 unspecified atom stereocenters. The van der Waals surface area contributed by atoms with E-state index >= 15 is 0 Å². The van der Waals surface area contributed by atoms with Crippen LogP contribution in [0.3, 0.4) is 0 Å². The van der Waals surface area contributed by atoms with Crippen LogP contribution in [0.15, 0.2) is 54.6 Å². The maximum Gasteiger partial charge on any atom is 0.294 e. The highest BCUT2D eigenvalue weighted by molar-refractivity contribution is 6.30. The summed E-state index contributed by atoms with van der Waals surface area (Å²) in [7, 11) is 0. The predicted molar refractivity (Wildman–Crippen MR) is 81.9 cm³/mol. The summed E-state index contributed by atoms with van der Waals surface area (Å²) in [5.74, 6) is -0.0668. The van der Waals surface area contributed by atoms with Crippen molar-refractivity contribution in [3.05, 3.63) is 59.6 Å². The molecule has 0 saturated carbocycles. The second-order valence-corrected chi connectivity index (χ2v) is 5.46. The van der Waals surface area contributed by atoms with Crippen molar-refractivity contribution in [3.8, 4) is 5.75 Å². The molecule has 2 rings (SSSR count). The van der Waals surface area contributed by atoms with E-state index in [-0.39, 0.29) is 0 Å². The van der Waals surface area contributed by atoms with Gasteiger partial charge in [0.1, 0.15) is 5.75 Å². The summed E-state index contributed by atoms with van der Waals surface area (Å²) in [4.78, 5) is 12.4. The molecule has 0 spiro atoms. The van der Waals surface area contributed by atoms with Crippen LogP contribution >= 0.6 is 11.6 Å². The number of benzene rings is 2. The third kappa shape index (κ3) is 3.74. The van der Waals surface area contributed by atoms with E-state index in [0.29, 0.717) is 21.5 Å². The fourth-order valence-corrected chi connectivity index (χ4v) is 1.91. The van der Waals surface area contributed by atoms with E-state index in [0.717, 1.165) is 0 Å². The number of hydroxylamine groups is 1. The fraction of sp³-hybridized carbons (Fsp3) is 0.188. The lowest BCUT2D eigenvalue weighted by molar-refractivity contribution is -0.136. The van der Waals surface area contributed by atoms with Crippen molar-refractivity contribution in [2.45, 2.75) is 19.4 Å². The molecule has 4 nitrogen and oxygen atoms in total. The third-order valence-corrected chi connectivity index (χ3v) is 3.15. The molecular weight excluding hydrogens is 290 g/mol. The van der Waals surface area contributed by atoms with Crippen molar-refractivity contribution in [1.29, 1.82) is 0 Å². The van der Waals surface area contributed by atoms with Crippen molar-refractivity contribution < 1.29 is 14.7 Å². The Morgan fingerprint density at radius 3 is 2.24 bits per heavy atom. The van der Waals surface area contributed by atoms with Crippen molar-refractivity contribution in [2.75, 3.05) is 5.06 Å². The number of anilines is 1. The molecule has 0 heterocycles. The predicted octanol–water partition coefficient (Wildman–Crippen LogP) is 3.92. The van der Waals surface area contributed by atoms with Crippen LogP contribution in [-0.2, 0) is 4.79 Å². The zero-order chi connectivity index (χ0) is 15.5. The normalized spacial score (nSPS) is 11.0. The summed E-state index contributed by atoms with van der Waals surface area (Å²) in [6.45, 7) is 3.19. The van der Waals surface area contributed by atoms with Gasteiger partial charge in [0.2, 0.25) is 0 Å². The van der Waals surface area contributed by atoms with Gasteiger partial charge in [-0.2, -0.15) is 5.06 Å². The summed E-state index contributed by atoms with van der Waals surface area (Å²) < 4.78 is 5.65. The van der Waals surface area contributed by atoms with Gasteiger partial charge in [-0.05, 0) is 50.2 Å². The largest absolute Gasteiger partial charge is 0.478 e. The number of para-hydroxylation sites is 1. The van der Waals surface area contributed by atoms with Crippen LogP contribution in [-0.4, -0.2) is 16.7 Å². The summed E-state index contributed by atoms with van der Waals surface area (Å²) >= 11 is 5.81. The zero-order valence-corrected chi connectivity index (χ0v) is 12.5. The number of nitrogens with zero attached hydrogens (tertiary/aromatic N) is 1. The molecule has 0 aliphatic heterocycles. The van der Waals surface area contributed by atoms with E-state index in [9.17, 15) is 10.0 Å². The molecule has 1 amide bonds. The van der Waals surface area contributed by atoms with Crippen LogP contribution in [0.2, 0.25) is 5.02 Å². The molecule has 0 aliphatic rings. The van der Waals surface area contributed by atoms with Crippen LogP contribution in [0.5, 0.6) is 5.75 Å². The van der Waals surface area contributed by atoms with Crippen LogP contribution in [0, 0.1) is 0 Å². The molecule has 5 heteroatoms. The van der Waals surface area contributed by atoms with E-state index < -0.39 is 11.5 Å². The fourth-order valence-electron chi connectivity index (χ4n) is 1.78. The van der Waals surface area contributed by atoms with Crippen LogP contribution in [0.4, 0.5) is 5.69 Å². The first-order valence-corrected chi connectivity index (χ1v) is 6.81. The average Bonchev–Trinajstić information content (AvgIpc) is 2.49. The second-order valence-electron chi connectivity index (χ2n) is 5.02. The first-order valence-electron chi connectivity index (χ1n) is 6.43. The molecule has 0 aromatic heterocycles. The van der Waals surface area contributed by atoms with Gasteiger partial charge < -0.3 is 4.74 Å². The Hall–Kier alpha value is -2.04. The minimum atomic E-state index is -1.22. The standard InChI is InChI=1S/C16H16ClNO3/c1-16(2,21-14-10-8-12(17)9-11-14)15(19)18(20)13-6-4-3-5-7-13/h3-11,20H,1-2H3. The van der Waals surface area contributed by atoms with E-state index in [1.807, 2.05) is 0 Å². The third-order valence-electron chi connectivity index (χ3n) is 2.89. The van der Waals surface area contributed by atoms with Crippen molar-refractivity contribution >= 4 is 23.2 Å². The SMILES string of the molecule is CC(C)(Oc1ccc(Cl)cc1)C(=O)N(O)c1ccccc1. The van der Waals surface area contributed by atoms with E-state index in [1.165, 1.54) is 0 Å². The number of hydrogen-bond donors (Lipinski definition) is 1. The van der Waals surface area contributed by atoms with Crippen molar-refractivity contribution in [3.63, 3.8) is 0 Å². The van der Waals surface area contributed by atoms with Crippen LogP contribution in [0.1, 0.15) is 13.8 Å². The summed E-state index contributed by atoms with van der Waals surface area (Å²) in [6, 6.07) is 15.2. The number of carbonyl (C=O) groups is 1. The average molecular weight is 306 g/mol. The van der Waals surface area contributed by atoms with Crippen LogP contribution in [0.25, 0.3) is 0 Å². The van der Waals surface area contributed by atoms with Crippen LogP contribution < -0.4 is 9.80 Å². The van der Waals surface area contributed by atoms with Gasteiger partial charge in [-0.15, -0.1) is 0 Å². The molecule has 0 atom stereocenters. The molecular formula is C16H16ClNO3. The van der Waals surface area contributed by atoms with Gasteiger partial charge in [0.25, 0.3) is 5.91 Å². The van der Waals surface area contributed by atoms with E-state index in [1.54, 1.807) is 68.4 Å². The van der Waals surface area contributed by atoms with Gasteiger partial charge in [-0.25, -0.2) is 0 Å². The second kappa shape index (κ2) is 6.16. The lowest BCUT2D eigenvalue weighted by Gasteiger charge is -2.28. The maximum atomic E-state index is 12.4. The lowest BCUT2D eigenvalue weighted by atomic mass is 10.1. The lowest BCUT2D eigenvalue weighted by Crippen LogP contribution is -2.47. The highest BCUT2D eigenvalue weighted by atomic mass is 35.5. The summed E-state index contributed by atoms with van der Waals surface area (Å²) in [5.41, 5.74) is -0.839. The molecule has 21 heavy (non-hydrogen) atoms. The molecule has 0 fully saturated rings. The number of amides is 1. The highest BCUT2D eigenvalue weighted by Gasteiger charge is 2.34. The van der Waals surface area contributed by atoms with E-state index in [2.05, 4.69) is 0 Å². The van der Waals surface area contributed by atoms with Gasteiger partial charge in [0, 0.05) is 5.02 Å². The van der Waals surface area contributed by atoms with Gasteiger partial charge in [0.05, 0.1) is 5.69 Å². The Morgan fingerprint density at radius 2 is 1.67 bits per heavy atom. The Morgan fingerprint density at radius 1 is 1.10 bits per heavy atom. The topological polar surface area (TPSA) is 49.8 Å². The Balaban J connectivity index is 2.14. The first-order chi connectivity index (χ1) is 9.90. The number of ether oxygens (including phenoxy) is 1. The van der Waals surface area contributed by atoms with Gasteiger partial charge in [-0.3, -0.25) is 10.0 Å². The zero-order valence-electron chi connectivity index (χ0n) is 11.8. The number of hydrogen-bond acceptors (Lipinski definition) is 3. The van der Waals surface area contributed by atoms with Gasteiger partial charge in [-0.1, -0.05) is 29.8 Å².